The Balaban J connectivity index is 2.28. The van der Waals surface area contributed by atoms with Crippen LogP contribution < -0.4 is 11.1 Å². The molecule has 0 aliphatic heterocycles. The minimum atomic E-state index is -4.56. The molecule has 3 N–H and O–H groups in total. The van der Waals surface area contributed by atoms with E-state index in [9.17, 15) is 18.0 Å². The van der Waals surface area contributed by atoms with Crippen molar-refractivity contribution >= 4 is 33.3 Å². The average molecular weight is 361 g/mol. The Hall–Kier alpha value is -2.16. The number of aromatic nitrogens is 2. The zero-order chi connectivity index (χ0) is 15.6. The molecule has 1 amide bonds. The van der Waals surface area contributed by atoms with Gasteiger partial charge in [-0.25, -0.2) is 9.97 Å². The lowest BCUT2D eigenvalue weighted by atomic mass is 10.1. The average Bonchev–Trinajstić information content (AvgIpc) is 2.40. The molecule has 0 saturated carbocycles. The fourth-order valence-electron chi connectivity index (χ4n) is 1.49. The highest BCUT2D eigenvalue weighted by molar-refractivity contribution is 9.10. The lowest BCUT2D eigenvalue weighted by molar-refractivity contribution is -0.137. The highest BCUT2D eigenvalue weighted by Gasteiger charge is 2.31. The topological polar surface area (TPSA) is 80.9 Å². The van der Waals surface area contributed by atoms with E-state index in [1.165, 1.54) is 12.4 Å². The molecule has 0 aliphatic rings. The first-order chi connectivity index (χ1) is 9.77. The summed E-state index contributed by atoms with van der Waals surface area (Å²) in [6, 6.07) is 2.54. The lowest BCUT2D eigenvalue weighted by Crippen LogP contribution is -2.17. The van der Waals surface area contributed by atoms with Gasteiger partial charge in [0.05, 0.1) is 23.5 Å². The molecule has 0 saturated heterocycles. The van der Waals surface area contributed by atoms with E-state index >= 15 is 0 Å². The van der Waals surface area contributed by atoms with Gasteiger partial charge in [-0.3, -0.25) is 4.79 Å². The summed E-state index contributed by atoms with van der Waals surface area (Å²) >= 11 is 3.07. The second-order valence-corrected chi connectivity index (χ2v) is 4.79. The Kier molecular flexibility index (Phi) is 4.12. The molecule has 0 fully saturated rings. The van der Waals surface area contributed by atoms with Crippen LogP contribution in [-0.4, -0.2) is 15.9 Å². The van der Waals surface area contributed by atoms with Gasteiger partial charge in [-0.15, -0.1) is 0 Å². The van der Waals surface area contributed by atoms with Gasteiger partial charge in [-0.2, -0.15) is 13.2 Å². The summed E-state index contributed by atoms with van der Waals surface area (Å²) in [6.07, 6.45) is -1.96. The second kappa shape index (κ2) is 5.68. The molecule has 0 bridgehead atoms. The molecule has 0 unspecified atom stereocenters. The second-order valence-electron chi connectivity index (χ2n) is 3.98. The number of amides is 1. The SMILES string of the molecule is Nc1ccc(C(F)(F)F)cc1C(=O)Nc1cnc(Br)cn1. The van der Waals surface area contributed by atoms with Gasteiger partial charge < -0.3 is 11.1 Å². The number of nitrogens with one attached hydrogen (secondary N) is 1. The van der Waals surface area contributed by atoms with Crippen molar-refractivity contribution in [2.24, 2.45) is 0 Å². The first kappa shape index (κ1) is 15.2. The number of anilines is 2. The van der Waals surface area contributed by atoms with E-state index in [1.807, 2.05) is 0 Å². The number of carbonyl (C=O) groups is 1. The first-order valence-electron chi connectivity index (χ1n) is 5.53. The number of benzene rings is 1. The van der Waals surface area contributed by atoms with Crippen molar-refractivity contribution in [1.82, 2.24) is 9.97 Å². The van der Waals surface area contributed by atoms with Gasteiger partial charge in [-0.05, 0) is 34.1 Å². The first-order valence-corrected chi connectivity index (χ1v) is 6.32. The van der Waals surface area contributed by atoms with Gasteiger partial charge in [0, 0.05) is 5.69 Å². The fraction of sp³-hybridized carbons (Fsp3) is 0.0833. The molecular weight excluding hydrogens is 353 g/mol. The number of hydrogen-bond donors (Lipinski definition) is 2. The molecule has 1 aromatic carbocycles. The van der Waals surface area contributed by atoms with Gasteiger partial charge in [0.15, 0.2) is 5.82 Å². The number of nitrogens with zero attached hydrogens (tertiary/aromatic N) is 2. The van der Waals surface area contributed by atoms with Crippen LogP contribution in [0.25, 0.3) is 0 Å². The van der Waals surface area contributed by atoms with Crippen molar-refractivity contribution < 1.29 is 18.0 Å². The third-order valence-electron chi connectivity index (χ3n) is 2.49. The number of nitrogen functional groups attached to an aromatic ring is 1. The summed E-state index contributed by atoms with van der Waals surface area (Å²) in [6.45, 7) is 0. The summed E-state index contributed by atoms with van der Waals surface area (Å²) in [5.74, 6) is -0.699. The lowest BCUT2D eigenvalue weighted by Gasteiger charge is -2.11. The minimum Gasteiger partial charge on any atom is -0.398 e. The summed E-state index contributed by atoms with van der Waals surface area (Å²) in [5, 5.41) is 2.32. The zero-order valence-electron chi connectivity index (χ0n) is 10.3. The number of carbonyl (C=O) groups excluding carboxylic acids is 1. The third kappa shape index (κ3) is 3.69. The minimum absolute atomic E-state index is 0.0643. The maximum absolute atomic E-state index is 12.6. The van der Waals surface area contributed by atoms with Crippen LogP contribution in [0.15, 0.2) is 35.2 Å². The highest BCUT2D eigenvalue weighted by atomic mass is 79.9. The Morgan fingerprint density at radius 3 is 2.52 bits per heavy atom. The maximum Gasteiger partial charge on any atom is 0.416 e. The van der Waals surface area contributed by atoms with Crippen LogP contribution in [0.2, 0.25) is 0 Å². The van der Waals surface area contributed by atoms with Crippen LogP contribution in [0.1, 0.15) is 15.9 Å². The molecule has 2 rings (SSSR count). The van der Waals surface area contributed by atoms with Gasteiger partial charge in [-0.1, -0.05) is 0 Å². The highest BCUT2D eigenvalue weighted by Crippen LogP contribution is 2.31. The molecule has 110 valence electrons. The molecule has 21 heavy (non-hydrogen) atoms. The van der Waals surface area contributed by atoms with E-state index < -0.39 is 17.6 Å². The van der Waals surface area contributed by atoms with E-state index in [-0.39, 0.29) is 17.1 Å². The quantitative estimate of drug-likeness (QED) is 0.806. The number of nitrogens with two attached hydrogens (primary N) is 1. The normalized spacial score (nSPS) is 11.2. The van der Waals surface area contributed by atoms with E-state index in [4.69, 9.17) is 5.73 Å². The van der Waals surface area contributed by atoms with Crippen molar-refractivity contribution in [2.45, 2.75) is 6.18 Å². The summed E-state index contributed by atoms with van der Waals surface area (Å²) in [4.78, 5) is 19.6. The zero-order valence-corrected chi connectivity index (χ0v) is 11.9. The van der Waals surface area contributed by atoms with Gasteiger partial charge in [0.2, 0.25) is 0 Å². The van der Waals surface area contributed by atoms with Gasteiger partial charge >= 0.3 is 6.18 Å². The molecule has 1 heterocycles. The smallest absolute Gasteiger partial charge is 0.398 e. The standard InChI is InChI=1S/C12H8BrF3N4O/c13-9-4-19-10(5-18-9)20-11(21)7-3-6(12(14,15)16)1-2-8(7)17/h1-5H,17H2,(H,19,20,21). The van der Waals surface area contributed by atoms with Crippen LogP contribution in [0.5, 0.6) is 0 Å². The van der Waals surface area contributed by atoms with Crippen LogP contribution in [0.4, 0.5) is 24.7 Å². The van der Waals surface area contributed by atoms with Crippen LogP contribution >= 0.6 is 15.9 Å². The Morgan fingerprint density at radius 2 is 1.95 bits per heavy atom. The Labute approximate surface area is 125 Å². The molecule has 0 radical (unpaired) electrons. The van der Waals surface area contributed by atoms with E-state index in [0.717, 1.165) is 12.1 Å². The maximum atomic E-state index is 12.6. The molecule has 2 aromatic rings. The largest absolute Gasteiger partial charge is 0.416 e. The van der Waals surface area contributed by atoms with Crippen molar-refractivity contribution in [3.8, 4) is 0 Å². The van der Waals surface area contributed by atoms with Crippen molar-refractivity contribution in [3.63, 3.8) is 0 Å². The Bertz CT molecular complexity index is 673. The number of alkyl halides is 3. The predicted octanol–water partition coefficient (Wildman–Crippen LogP) is 3.09. The van der Waals surface area contributed by atoms with Crippen molar-refractivity contribution in [2.75, 3.05) is 11.1 Å². The number of halogens is 4. The molecule has 0 aliphatic carbocycles. The van der Waals surface area contributed by atoms with Gasteiger partial charge in [0.1, 0.15) is 4.60 Å². The summed E-state index contributed by atoms with van der Waals surface area (Å²) in [5.41, 5.74) is 4.24. The molecule has 1 aromatic heterocycles. The third-order valence-corrected chi connectivity index (χ3v) is 2.90. The van der Waals surface area contributed by atoms with E-state index in [1.54, 1.807) is 0 Å². The summed E-state index contributed by atoms with van der Waals surface area (Å²) < 4.78 is 38.4. The predicted molar refractivity (Wildman–Crippen MR) is 73.5 cm³/mol. The van der Waals surface area contributed by atoms with E-state index in [2.05, 4.69) is 31.2 Å². The van der Waals surface area contributed by atoms with Crippen LogP contribution in [0, 0.1) is 0 Å². The molecular formula is C12H8BrF3N4O. The molecule has 0 atom stereocenters. The fourth-order valence-corrected chi connectivity index (χ4v) is 1.69. The Morgan fingerprint density at radius 1 is 1.24 bits per heavy atom. The van der Waals surface area contributed by atoms with Gasteiger partial charge in [0.25, 0.3) is 5.91 Å². The van der Waals surface area contributed by atoms with Crippen molar-refractivity contribution in [1.29, 1.82) is 0 Å². The summed E-state index contributed by atoms with van der Waals surface area (Å²) in [7, 11) is 0. The van der Waals surface area contributed by atoms with E-state index in [0.29, 0.717) is 10.7 Å². The monoisotopic (exact) mass is 360 g/mol. The molecule has 5 nitrogen and oxygen atoms in total. The number of rotatable bonds is 2. The van der Waals surface area contributed by atoms with Crippen molar-refractivity contribution in [3.05, 3.63) is 46.3 Å². The molecule has 0 spiro atoms. The van der Waals surface area contributed by atoms with Crippen LogP contribution in [0.3, 0.4) is 0 Å². The van der Waals surface area contributed by atoms with Crippen LogP contribution in [-0.2, 0) is 6.18 Å². The molecule has 9 heteroatoms. The number of hydrogen-bond acceptors (Lipinski definition) is 4.